The van der Waals surface area contributed by atoms with E-state index >= 15 is 0 Å². The maximum absolute atomic E-state index is 11.6. The lowest BCUT2D eigenvalue weighted by molar-refractivity contribution is -0.383. The third-order valence-corrected chi connectivity index (χ3v) is 5.79. The third-order valence-electron chi connectivity index (χ3n) is 4.70. The number of nitro benzene ring substituents is 1. The van der Waals surface area contributed by atoms with Gasteiger partial charge in [0, 0.05) is 17.7 Å². The maximum atomic E-state index is 11.6. The summed E-state index contributed by atoms with van der Waals surface area (Å²) in [6, 6.07) is 13.6. The van der Waals surface area contributed by atoms with Crippen LogP contribution in [0, 0.1) is 10.1 Å². The molecule has 0 atom stereocenters. The number of para-hydroxylation sites is 1. The first-order valence-electron chi connectivity index (χ1n) is 8.61. The van der Waals surface area contributed by atoms with Crippen molar-refractivity contribution in [2.24, 2.45) is 0 Å². The number of nitrogens with zero attached hydrogens (tertiary/aromatic N) is 2. The van der Waals surface area contributed by atoms with E-state index in [2.05, 4.69) is 10.3 Å². The second-order valence-electron chi connectivity index (χ2n) is 6.46. The molecular formula is C19H19N3O2S. The smallest absolute Gasteiger partial charge is 0.293 e. The van der Waals surface area contributed by atoms with E-state index in [0.29, 0.717) is 11.7 Å². The van der Waals surface area contributed by atoms with Crippen molar-refractivity contribution in [1.82, 2.24) is 4.98 Å². The molecule has 6 heteroatoms. The minimum atomic E-state index is -0.304. The van der Waals surface area contributed by atoms with E-state index in [1.807, 2.05) is 36.4 Å². The Morgan fingerprint density at radius 2 is 1.92 bits per heavy atom. The van der Waals surface area contributed by atoms with Gasteiger partial charge in [-0.05, 0) is 37.1 Å². The molecule has 0 saturated heterocycles. The summed E-state index contributed by atoms with van der Waals surface area (Å²) in [6.07, 6.45) is 5.80. The van der Waals surface area contributed by atoms with Crippen molar-refractivity contribution in [3.63, 3.8) is 0 Å². The molecule has 0 radical (unpaired) electrons. The van der Waals surface area contributed by atoms with Gasteiger partial charge in [-0.15, -0.1) is 11.3 Å². The Morgan fingerprint density at radius 1 is 1.12 bits per heavy atom. The van der Waals surface area contributed by atoms with E-state index < -0.39 is 0 Å². The van der Waals surface area contributed by atoms with Gasteiger partial charge in [0.2, 0.25) is 0 Å². The van der Waals surface area contributed by atoms with E-state index in [4.69, 9.17) is 0 Å². The van der Waals surface area contributed by atoms with Crippen molar-refractivity contribution < 1.29 is 4.92 Å². The molecule has 0 aliphatic heterocycles. The summed E-state index contributed by atoms with van der Waals surface area (Å²) in [5, 5.41) is 15.8. The molecule has 0 unspecified atom stereocenters. The fraction of sp³-hybridized carbons (Fsp3) is 0.316. The van der Waals surface area contributed by atoms with Crippen LogP contribution in [0.4, 0.5) is 11.4 Å². The molecule has 2 aromatic carbocycles. The van der Waals surface area contributed by atoms with Gasteiger partial charge in [-0.2, -0.15) is 0 Å². The van der Waals surface area contributed by atoms with Crippen LogP contribution >= 0.6 is 11.3 Å². The summed E-state index contributed by atoms with van der Waals surface area (Å²) >= 11 is 1.56. The average Bonchev–Trinajstić information content (AvgIpc) is 3.07. The standard InChI is InChI=1S/C19H19N3O2S/c23-22(24)17-12-13(19-21-16-8-4-5-9-18(16)25-19)10-11-15(17)20-14-6-2-1-3-7-14/h4-5,8-12,14,20H,1-3,6-7H2. The molecule has 1 aromatic heterocycles. The molecule has 128 valence electrons. The summed E-state index contributed by atoms with van der Waals surface area (Å²) in [6.45, 7) is 0. The van der Waals surface area contributed by atoms with Gasteiger partial charge in [0.25, 0.3) is 5.69 Å². The lowest BCUT2D eigenvalue weighted by Gasteiger charge is -2.23. The number of fused-ring (bicyclic) bond motifs is 1. The predicted octanol–water partition coefficient (Wildman–Crippen LogP) is 5.62. The van der Waals surface area contributed by atoms with Crippen molar-refractivity contribution >= 4 is 32.9 Å². The summed E-state index contributed by atoms with van der Waals surface area (Å²) in [7, 11) is 0. The molecule has 0 spiro atoms. The molecule has 1 heterocycles. The fourth-order valence-electron chi connectivity index (χ4n) is 3.40. The van der Waals surface area contributed by atoms with Gasteiger partial charge in [-0.25, -0.2) is 4.98 Å². The number of hydrogen-bond acceptors (Lipinski definition) is 5. The zero-order valence-corrected chi connectivity index (χ0v) is 14.6. The van der Waals surface area contributed by atoms with Crippen molar-refractivity contribution in [3.8, 4) is 10.6 Å². The summed E-state index contributed by atoms with van der Waals surface area (Å²) in [5.74, 6) is 0. The van der Waals surface area contributed by atoms with Gasteiger partial charge in [0.05, 0.1) is 15.1 Å². The summed E-state index contributed by atoms with van der Waals surface area (Å²) in [4.78, 5) is 15.9. The molecule has 1 fully saturated rings. The molecule has 1 N–H and O–H groups in total. The van der Waals surface area contributed by atoms with Gasteiger partial charge in [-0.1, -0.05) is 31.4 Å². The van der Waals surface area contributed by atoms with Crippen LogP contribution in [0.1, 0.15) is 32.1 Å². The van der Waals surface area contributed by atoms with Crippen LogP contribution in [0.2, 0.25) is 0 Å². The molecule has 25 heavy (non-hydrogen) atoms. The lowest BCUT2D eigenvalue weighted by atomic mass is 9.95. The zero-order chi connectivity index (χ0) is 17.2. The number of nitrogens with one attached hydrogen (secondary N) is 1. The van der Waals surface area contributed by atoms with Crippen LogP contribution in [0.25, 0.3) is 20.8 Å². The molecule has 4 rings (SSSR count). The number of aromatic nitrogens is 1. The summed E-state index contributed by atoms with van der Waals surface area (Å²) in [5.41, 5.74) is 2.46. The van der Waals surface area contributed by atoms with Gasteiger partial charge in [0.15, 0.2) is 0 Å². The Balaban J connectivity index is 1.67. The van der Waals surface area contributed by atoms with Crippen molar-refractivity contribution in [2.45, 2.75) is 38.1 Å². The number of rotatable bonds is 4. The highest BCUT2D eigenvalue weighted by atomic mass is 32.1. The van der Waals surface area contributed by atoms with E-state index in [1.54, 1.807) is 17.4 Å². The quantitative estimate of drug-likeness (QED) is 0.488. The first kappa shape index (κ1) is 16.0. The molecule has 0 bridgehead atoms. The zero-order valence-electron chi connectivity index (χ0n) is 13.8. The maximum Gasteiger partial charge on any atom is 0.293 e. The van der Waals surface area contributed by atoms with Crippen LogP contribution in [0.3, 0.4) is 0 Å². The van der Waals surface area contributed by atoms with Gasteiger partial charge in [-0.3, -0.25) is 10.1 Å². The van der Waals surface area contributed by atoms with Crippen LogP contribution in [0.15, 0.2) is 42.5 Å². The first-order chi connectivity index (χ1) is 12.2. The monoisotopic (exact) mass is 353 g/mol. The Labute approximate surface area is 149 Å². The van der Waals surface area contributed by atoms with Crippen LogP contribution < -0.4 is 5.32 Å². The molecule has 3 aromatic rings. The van der Waals surface area contributed by atoms with Crippen LogP contribution in [-0.4, -0.2) is 15.9 Å². The first-order valence-corrected chi connectivity index (χ1v) is 9.43. The van der Waals surface area contributed by atoms with E-state index in [0.717, 1.165) is 33.6 Å². The topological polar surface area (TPSA) is 68.1 Å². The van der Waals surface area contributed by atoms with E-state index in [1.165, 1.54) is 19.3 Å². The average molecular weight is 353 g/mol. The van der Waals surface area contributed by atoms with Crippen molar-refractivity contribution in [2.75, 3.05) is 5.32 Å². The minimum absolute atomic E-state index is 0.127. The SMILES string of the molecule is O=[N+]([O-])c1cc(-c2nc3ccccc3s2)ccc1NC1CCCCC1. The largest absolute Gasteiger partial charge is 0.377 e. The number of nitro groups is 1. The molecule has 5 nitrogen and oxygen atoms in total. The van der Waals surface area contributed by atoms with Gasteiger partial charge >= 0.3 is 0 Å². The predicted molar refractivity (Wildman–Crippen MR) is 102 cm³/mol. The highest BCUT2D eigenvalue weighted by Gasteiger charge is 2.20. The normalized spacial score (nSPS) is 15.4. The number of hydrogen-bond donors (Lipinski definition) is 1. The number of anilines is 1. The van der Waals surface area contributed by atoms with Crippen LogP contribution in [-0.2, 0) is 0 Å². The second kappa shape index (κ2) is 6.80. The van der Waals surface area contributed by atoms with Crippen molar-refractivity contribution in [3.05, 3.63) is 52.6 Å². The lowest BCUT2D eigenvalue weighted by Crippen LogP contribution is -2.22. The van der Waals surface area contributed by atoms with E-state index in [9.17, 15) is 10.1 Å². The highest BCUT2D eigenvalue weighted by molar-refractivity contribution is 7.21. The Hall–Kier alpha value is -2.47. The third kappa shape index (κ3) is 3.35. The Bertz CT molecular complexity index is 883. The number of benzene rings is 2. The molecular weight excluding hydrogens is 334 g/mol. The highest BCUT2D eigenvalue weighted by Crippen LogP contribution is 2.35. The second-order valence-corrected chi connectivity index (χ2v) is 7.49. The molecule has 1 aliphatic rings. The fourth-order valence-corrected chi connectivity index (χ4v) is 4.36. The van der Waals surface area contributed by atoms with E-state index in [-0.39, 0.29) is 10.6 Å². The Kier molecular flexibility index (Phi) is 4.36. The van der Waals surface area contributed by atoms with Gasteiger partial charge < -0.3 is 5.32 Å². The molecule has 0 amide bonds. The number of thiazole rings is 1. The summed E-state index contributed by atoms with van der Waals surface area (Å²) < 4.78 is 1.09. The molecule has 1 aliphatic carbocycles. The van der Waals surface area contributed by atoms with Gasteiger partial charge in [0.1, 0.15) is 10.7 Å². The van der Waals surface area contributed by atoms with Crippen LogP contribution in [0.5, 0.6) is 0 Å². The minimum Gasteiger partial charge on any atom is -0.377 e. The molecule has 1 saturated carbocycles. The van der Waals surface area contributed by atoms with Crippen molar-refractivity contribution in [1.29, 1.82) is 0 Å². The Morgan fingerprint density at radius 3 is 2.68 bits per heavy atom.